The van der Waals surface area contributed by atoms with E-state index in [2.05, 4.69) is 6.58 Å². The monoisotopic (exact) mass is 322 g/mol. The lowest BCUT2D eigenvalue weighted by atomic mass is 10.0. The number of carbonyl (C=O) groups is 1. The molecule has 0 aliphatic carbocycles. The summed E-state index contributed by atoms with van der Waals surface area (Å²) in [7, 11) is 0. The molecule has 0 spiro atoms. The maximum absolute atomic E-state index is 10.3. The lowest BCUT2D eigenvalue weighted by Gasteiger charge is -2.03. The summed E-state index contributed by atoms with van der Waals surface area (Å²) in [5.41, 5.74) is 0. The molecule has 0 saturated carbocycles. The highest BCUT2D eigenvalue weighted by Gasteiger charge is 1.94. The van der Waals surface area contributed by atoms with E-state index >= 15 is 0 Å². The van der Waals surface area contributed by atoms with Crippen LogP contribution in [0.2, 0.25) is 0 Å². The number of allylic oxidation sites excluding steroid dienone is 2. The minimum atomic E-state index is -0.835. The second-order valence-corrected chi connectivity index (χ2v) is 6.56. The Kier molecular flexibility index (Phi) is 18.1. The van der Waals surface area contributed by atoms with Crippen LogP contribution in [0, 0.1) is 0 Å². The molecule has 0 aliphatic rings. The summed E-state index contributed by atoms with van der Waals surface area (Å²) in [4.78, 5) is 10.3. The Morgan fingerprint density at radius 1 is 0.652 bits per heavy atom. The zero-order valence-corrected chi connectivity index (χ0v) is 15.1. The smallest absolute Gasteiger partial charge is 0.327 e. The molecule has 0 radical (unpaired) electrons. The number of carboxylic acids is 1. The maximum atomic E-state index is 10.3. The molecular formula is C21H38O2. The number of rotatable bonds is 18. The van der Waals surface area contributed by atoms with E-state index in [9.17, 15) is 4.79 Å². The van der Waals surface area contributed by atoms with Crippen LogP contribution in [0.3, 0.4) is 0 Å². The van der Waals surface area contributed by atoms with Gasteiger partial charge in [0.2, 0.25) is 0 Å². The molecule has 23 heavy (non-hydrogen) atoms. The number of hydrogen-bond acceptors (Lipinski definition) is 1. The van der Waals surface area contributed by atoms with Gasteiger partial charge < -0.3 is 5.11 Å². The van der Waals surface area contributed by atoms with Crippen molar-refractivity contribution in [1.82, 2.24) is 0 Å². The number of unbranched alkanes of at least 4 members (excludes halogenated alkanes) is 15. The number of carboxylic acid groups (broad SMARTS) is 1. The predicted molar refractivity (Wildman–Crippen MR) is 101 cm³/mol. The van der Waals surface area contributed by atoms with Gasteiger partial charge in [-0.25, -0.2) is 4.79 Å². The largest absolute Gasteiger partial charge is 0.478 e. The lowest BCUT2D eigenvalue weighted by molar-refractivity contribution is -0.131. The first-order valence-corrected chi connectivity index (χ1v) is 9.77. The average Bonchev–Trinajstić information content (AvgIpc) is 2.53. The van der Waals surface area contributed by atoms with Crippen molar-refractivity contribution in [3.63, 3.8) is 0 Å². The quantitative estimate of drug-likeness (QED) is 0.167. The van der Waals surface area contributed by atoms with Gasteiger partial charge in [0.05, 0.1) is 0 Å². The highest BCUT2D eigenvalue weighted by Crippen LogP contribution is 2.13. The van der Waals surface area contributed by atoms with Gasteiger partial charge in [0.1, 0.15) is 0 Å². The van der Waals surface area contributed by atoms with E-state index in [0.717, 1.165) is 12.8 Å². The molecule has 0 heterocycles. The van der Waals surface area contributed by atoms with Crippen LogP contribution in [0.4, 0.5) is 0 Å². The topological polar surface area (TPSA) is 37.3 Å². The third-order valence-electron chi connectivity index (χ3n) is 4.29. The van der Waals surface area contributed by atoms with Gasteiger partial charge in [-0.15, -0.1) is 6.58 Å². The van der Waals surface area contributed by atoms with Gasteiger partial charge in [0.15, 0.2) is 0 Å². The summed E-state index contributed by atoms with van der Waals surface area (Å²) in [5.74, 6) is -0.835. The second-order valence-electron chi connectivity index (χ2n) is 6.56. The molecular weight excluding hydrogens is 284 g/mol. The SMILES string of the molecule is C=CCCCCCCCCCCCCCCCCC=CC(=O)O. The van der Waals surface area contributed by atoms with Crippen LogP contribution in [-0.2, 0) is 4.79 Å². The highest BCUT2D eigenvalue weighted by atomic mass is 16.4. The summed E-state index contributed by atoms with van der Waals surface area (Å²) in [5, 5.41) is 8.46. The van der Waals surface area contributed by atoms with Crippen LogP contribution in [0.1, 0.15) is 103 Å². The third kappa shape index (κ3) is 21.0. The fourth-order valence-corrected chi connectivity index (χ4v) is 2.86. The Bertz CT molecular complexity index is 294. The minimum Gasteiger partial charge on any atom is -0.478 e. The summed E-state index contributed by atoms with van der Waals surface area (Å²) in [6.45, 7) is 3.76. The van der Waals surface area contributed by atoms with Gasteiger partial charge >= 0.3 is 5.97 Å². The standard InChI is InChI=1S/C21H38O2/c1-2-3-4-5-6-7-8-9-10-11-12-13-14-15-16-17-18-19-20-21(22)23/h2,19-20H,1,3-18H2,(H,22,23). The molecule has 0 aromatic rings. The van der Waals surface area contributed by atoms with Crippen LogP contribution >= 0.6 is 0 Å². The van der Waals surface area contributed by atoms with E-state index in [0.29, 0.717) is 0 Å². The van der Waals surface area contributed by atoms with Gasteiger partial charge in [0.25, 0.3) is 0 Å². The van der Waals surface area contributed by atoms with Gasteiger partial charge in [-0.1, -0.05) is 89.2 Å². The van der Waals surface area contributed by atoms with Crippen molar-refractivity contribution in [3.05, 3.63) is 24.8 Å². The Morgan fingerprint density at radius 3 is 1.35 bits per heavy atom. The van der Waals surface area contributed by atoms with E-state index < -0.39 is 5.97 Å². The molecule has 134 valence electrons. The predicted octanol–water partition coefficient (Wildman–Crippen LogP) is 7.05. The van der Waals surface area contributed by atoms with Crippen LogP contribution in [0.25, 0.3) is 0 Å². The van der Waals surface area contributed by atoms with Gasteiger partial charge in [0, 0.05) is 6.08 Å². The van der Waals surface area contributed by atoms with Crippen molar-refractivity contribution in [2.24, 2.45) is 0 Å². The van der Waals surface area contributed by atoms with Gasteiger partial charge in [-0.3, -0.25) is 0 Å². The first kappa shape index (κ1) is 21.9. The molecule has 0 fully saturated rings. The maximum Gasteiger partial charge on any atom is 0.327 e. The van der Waals surface area contributed by atoms with E-state index in [1.54, 1.807) is 6.08 Å². The van der Waals surface area contributed by atoms with Crippen LogP contribution in [0.15, 0.2) is 24.8 Å². The zero-order valence-electron chi connectivity index (χ0n) is 15.1. The van der Waals surface area contributed by atoms with E-state index in [1.807, 2.05) is 6.08 Å². The summed E-state index contributed by atoms with van der Waals surface area (Å²) < 4.78 is 0. The molecule has 0 saturated heterocycles. The fourth-order valence-electron chi connectivity index (χ4n) is 2.86. The van der Waals surface area contributed by atoms with Crippen molar-refractivity contribution in [3.8, 4) is 0 Å². The Hall–Kier alpha value is -1.05. The Balaban J connectivity index is 3.02. The van der Waals surface area contributed by atoms with E-state index in [1.165, 1.54) is 96.0 Å². The summed E-state index contributed by atoms with van der Waals surface area (Å²) in [6.07, 6.45) is 26.0. The normalized spacial score (nSPS) is 11.1. The molecule has 0 atom stereocenters. The molecule has 0 aliphatic heterocycles. The van der Waals surface area contributed by atoms with Crippen molar-refractivity contribution in [1.29, 1.82) is 0 Å². The van der Waals surface area contributed by atoms with Gasteiger partial charge in [-0.2, -0.15) is 0 Å². The zero-order chi connectivity index (χ0) is 17.0. The highest BCUT2D eigenvalue weighted by molar-refractivity contribution is 5.79. The van der Waals surface area contributed by atoms with Crippen LogP contribution in [-0.4, -0.2) is 11.1 Å². The number of hydrogen-bond donors (Lipinski definition) is 1. The molecule has 0 amide bonds. The van der Waals surface area contributed by atoms with E-state index in [4.69, 9.17) is 5.11 Å². The van der Waals surface area contributed by atoms with Crippen molar-refractivity contribution in [2.45, 2.75) is 103 Å². The molecule has 0 unspecified atom stereocenters. The van der Waals surface area contributed by atoms with Gasteiger partial charge in [-0.05, 0) is 25.7 Å². The van der Waals surface area contributed by atoms with Crippen molar-refractivity contribution in [2.75, 3.05) is 0 Å². The molecule has 1 N–H and O–H groups in total. The summed E-state index contributed by atoms with van der Waals surface area (Å²) in [6, 6.07) is 0. The van der Waals surface area contributed by atoms with Crippen LogP contribution in [0.5, 0.6) is 0 Å². The molecule has 0 aromatic carbocycles. The van der Waals surface area contributed by atoms with Crippen molar-refractivity contribution < 1.29 is 9.90 Å². The lowest BCUT2D eigenvalue weighted by Crippen LogP contribution is -1.86. The second kappa shape index (κ2) is 19.0. The number of aliphatic carboxylic acids is 1. The Morgan fingerprint density at radius 2 is 1.00 bits per heavy atom. The summed E-state index contributed by atoms with van der Waals surface area (Å²) >= 11 is 0. The van der Waals surface area contributed by atoms with Crippen molar-refractivity contribution >= 4 is 5.97 Å². The first-order chi connectivity index (χ1) is 11.3. The fraction of sp³-hybridized carbons (Fsp3) is 0.762. The first-order valence-electron chi connectivity index (χ1n) is 9.77. The molecule has 2 nitrogen and oxygen atoms in total. The molecule has 0 aromatic heterocycles. The molecule has 0 rings (SSSR count). The van der Waals surface area contributed by atoms with E-state index in [-0.39, 0.29) is 0 Å². The molecule has 2 heteroatoms. The molecule has 0 bridgehead atoms. The average molecular weight is 323 g/mol. The van der Waals surface area contributed by atoms with Crippen LogP contribution < -0.4 is 0 Å². The third-order valence-corrected chi connectivity index (χ3v) is 4.29. The minimum absolute atomic E-state index is 0.835. The Labute approximate surface area is 144 Å².